The van der Waals surface area contributed by atoms with Crippen LogP contribution in [-0.2, 0) is 14.2 Å². The molecule has 0 bridgehead atoms. The lowest BCUT2D eigenvalue weighted by atomic mass is 10.1. The number of unbranched alkanes of at least 4 members (excludes halogenated alkanes) is 18. The van der Waals surface area contributed by atoms with E-state index < -0.39 is 6.10 Å². The molecule has 0 radical (unpaired) electrons. The normalized spacial score (nSPS) is 18.0. The van der Waals surface area contributed by atoms with Gasteiger partial charge in [0.25, 0.3) is 0 Å². The Labute approximate surface area is 305 Å². The average Bonchev–Trinajstić information content (AvgIpc) is 3.48. The molecule has 1 N–H and O–H groups in total. The maximum atomic E-state index is 10.3. The predicted molar refractivity (Wildman–Crippen MR) is 213 cm³/mol. The molecule has 1 rings (SSSR count). The van der Waals surface area contributed by atoms with Gasteiger partial charge in [0.15, 0.2) is 0 Å². The van der Waals surface area contributed by atoms with E-state index in [-0.39, 0.29) is 12.2 Å². The minimum atomic E-state index is -0.468. The summed E-state index contributed by atoms with van der Waals surface area (Å²) in [6.45, 7) is 8.77. The molecule has 0 aliphatic carbocycles. The van der Waals surface area contributed by atoms with Crippen molar-refractivity contribution >= 4 is 0 Å². The van der Waals surface area contributed by atoms with Gasteiger partial charge in [-0.1, -0.05) is 140 Å². The maximum Gasteiger partial charge on any atom is 0.0975 e. The molecule has 49 heavy (non-hydrogen) atoms. The van der Waals surface area contributed by atoms with E-state index in [1.54, 1.807) is 7.11 Å². The first-order valence-electron chi connectivity index (χ1n) is 20.9. The summed E-state index contributed by atoms with van der Waals surface area (Å²) in [7, 11) is 1.64. The number of likely N-dealkylation sites (tertiary alicyclic amines) is 1. The van der Waals surface area contributed by atoms with Gasteiger partial charge in [-0.05, 0) is 77.0 Å². The van der Waals surface area contributed by atoms with Gasteiger partial charge in [0.1, 0.15) is 0 Å². The zero-order valence-corrected chi connectivity index (χ0v) is 32.7. The van der Waals surface area contributed by atoms with Crippen molar-refractivity contribution < 1.29 is 19.3 Å². The second kappa shape index (κ2) is 36.5. The first kappa shape index (κ1) is 45.8. The van der Waals surface area contributed by atoms with Crippen molar-refractivity contribution in [2.45, 2.75) is 186 Å². The minimum Gasteiger partial charge on any atom is -0.389 e. The number of aliphatic hydroxyl groups is 1. The molecule has 0 aromatic carbocycles. The fraction of sp³-hybridized carbons (Fsp3) is 0.818. The number of allylic oxidation sites excluding steroid dienone is 8. The minimum absolute atomic E-state index is 0.0947. The van der Waals surface area contributed by atoms with Gasteiger partial charge < -0.3 is 19.3 Å². The fourth-order valence-electron chi connectivity index (χ4n) is 6.48. The Bertz CT molecular complexity index is 736. The number of ether oxygens (including phenoxy) is 3. The largest absolute Gasteiger partial charge is 0.389 e. The van der Waals surface area contributed by atoms with E-state index in [2.05, 4.69) is 67.4 Å². The van der Waals surface area contributed by atoms with Crippen LogP contribution in [0.4, 0.5) is 0 Å². The number of rotatable bonds is 36. The van der Waals surface area contributed by atoms with Gasteiger partial charge in [-0.15, -0.1) is 0 Å². The molecule has 0 unspecified atom stereocenters. The zero-order chi connectivity index (χ0) is 35.3. The van der Waals surface area contributed by atoms with Gasteiger partial charge in [0.2, 0.25) is 0 Å². The third-order valence-electron chi connectivity index (χ3n) is 9.47. The van der Waals surface area contributed by atoms with Crippen LogP contribution in [0.15, 0.2) is 48.6 Å². The fourth-order valence-corrected chi connectivity index (χ4v) is 6.48. The molecule has 3 atom stereocenters. The van der Waals surface area contributed by atoms with Gasteiger partial charge in [0, 0.05) is 40.0 Å². The van der Waals surface area contributed by atoms with Crippen LogP contribution in [0.2, 0.25) is 0 Å². The van der Waals surface area contributed by atoms with Gasteiger partial charge in [-0.25, -0.2) is 0 Å². The number of hydrogen-bond acceptors (Lipinski definition) is 5. The van der Waals surface area contributed by atoms with Crippen LogP contribution in [0.5, 0.6) is 0 Å². The number of nitrogens with zero attached hydrogens (tertiary/aromatic N) is 1. The Balaban J connectivity index is 2.12. The Kier molecular flexibility index (Phi) is 34.1. The van der Waals surface area contributed by atoms with Crippen LogP contribution in [0.3, 0.4) is 0 Å². The third kappa shape index (κ3) is 30.1. The first-order valence-corrected chi connectivity index (χ1v) is 20.9. The number of aliphatic hydroxyl groups excluding tert-OH is 1. The summed E-state index contributed by atoms with van der Waals surface area (Å²) in [4.78, 5) is 2.29. The third-order valence-corrected chi connectivity index (χ3v) is 9.47. The molecular formula is C44H81NO4. The van der Waals surface area contributed by atoms with Crippen LogP contribution >= 0.6 is 0 Å². The standard InChI is InChI=1S/C44H81NO4/c1-4-6-8-10-12-14-16-18-20-22-24-26-28-30-32-34-36-48-43-39-45(38-42(46)41-47-3)40-44(43)49-37-35-33-31-29-27-25-23-21-19-17-15-13-11-9-7-5-2/h12-15,18-21,42-44,46H,4-11,16-17,22-41H2,1-3H3/t42-,43-,44-/m1/s1. The Morgan fingerprint density at radius 2 is 0.898 bits per heavy atom. The SMILES string of the molecule is CCCCCC=CCC=CCCCCCCCCO[C@@H]1CN(C[C@@H](O)COC)C[C@H]1OCCCCCCCCC=CCC=CCCCCC. The summed E-state index contributed by atoms with van der Waals surface area (Å²) in [5.74, 6) is 0. The van der Waals surface area contributed by atoms with E-state index in [1.807, 2.05) is 0 Å². The van der Waals surface area contributed by atoms with E-state index in [4.69, 9.17) is 14.2 Å². The zero-order valence-electron chi connectivity index (χ0n) is 32.7. The second-order valence-electron chi connectivity index (χ2n) is 14.3. The molecule has 5 heteroatoms. The number of β-amino-alcohol motifs (C(OH)–C–C–N with tert-alkyl or cyclic N) is 1. The highest BCUT2D eigenvalue weighted by Crippen LogP contribution is 2.19. The van der Waals surface area contributed by atoms with E-state index >= 15 is 0 Å². The second-order valence-corrected chi connectivity index (χ2v) is 14.3. The van der Waals surface area contributed by atoms with Gasteiger partial charge in [-0.2, -0.15) is 0 Å². The van der Waals surface area contributed by atoms with Crippen molar-refractivity contribution in [3.63, 3.8) is 0 Å². The highest BCUT2D eigenvalue weighted by atomic mass is 16.5. The van der Waals surface area contributed by atoms with Crippen LogP contribution in [0.25, 0.3) is 0 Å². The van der Waals surface area contributed by atoms with Crippen LogP contribution in [0.1, 0.15) is 168 Å². The molecule has 0 aromatic heterocycles. The molecule has 1 aliphatic rings. The van der Waals surface area contributed by atoms with Crippen molar-refractivity contribution in [3.05, 3.63) is 48.6 Å². The molecule has 0 spiro atoms. The van der Waals surface area contributed by atoms with Crippen molar-refractivity contribution in [2.24, 2.45) is 0 Å². The molecule has 1 saturated heterocycles. The highest BCUT2D eigenvalue weighted by Gasteiger charge is 2.34. The topological polar surface area (TPSA) is 51.2 Å². The summed E-state index contributed by atoms with van der Waals surface area (Å²) in [6, 6.07) is 0. The summed E-state index contributed by atoms with van der Waals surface area (Å²) in [6.07, 6.45) is 48.6. The molecular weight excluding hydrogens is 606 g/mol. The summed E-state index contributed by atoms with van der Waals surface area (Å²) < 4.78 is 17.9. The Morgan fingerprint density at radius 3 is 1.29 bits per heavy atom. The summed E-state index contributed by atoms with van der Waals surface area (Å²) in [5.41, 5.74) is 0. The van der Waals surface area contributed by atoms with E-state index in [0.29, 0.717) is 13.2 Å². The lowest BCUT2D eigenvalue weighted by Gasteiger charge is -2.20. The monoisotopic (exact) mass is 688 g/mol. The van der Waals surface area contributed by atoms with E-state index in [1.165, 1.54) is 128 Å². The molecule has 5 nitrogen and oxygen atoms in total. The lowest BCUT2D eigenvalue weighted by molar-refractivity contribution is -0.0481. The lowest BCUT2D eigenvalue weighted by Crippen LogP contribution is -2.34. The van der Waals surface area contributed by atoms with Crippen molar-refractivity contribution in [3.8, 4) is 0 Å². The van der Waals surface area contributed by atoms with Crippen LogP contribution in [0, 0.1) is 0 Å². The molecule has 0 aromatic rings. The van der Waals surface area contributed by atoms with Gasteiger partial charge in [-0.3, -0.25) is 4.90 Å². The van der Waals surface area contributed by atoms with Gasteiger partial charge >= 0.3 is 0 Å². The van der Waals surface area contributed by atoms with Gasteiger partial charge in [0.05, 0.1) is 24.9 Å². The molecule has 1 fully saturated rings. The maximum absolute atomic E-state index is 10.3. The smallest absolute Gasteiger partial charge is 0.0975 e. The van der Waals surface area contributed by atoms with Crippen molar-refractivity contribution in [2.75, 3.05) is 46.6 Å². The Hall–Kier alpha value is -1.24. The summed E-state index contributed by atoms with van der Waals surface area (Å²) in [5, 5.41) is 10.3. The number of hydrogen-bond donors (Lipinski definition) is 1. The van der Waals surface area contributed by atoms with Crippen LogP contribution < -0.4 is 0 Å². The number of methoxy groups -OCH3 is 1. The van der Waals surface area contributed by atoms with Crippen molar-refractivity contribution in [1.82, 2.24) is 4.90 Å². The first-order chi connectivity index (χ1) is 24.2. The Morgan fingerprint density at radius 1 is 0.531 bits per heavy atom. The van der Waals surface area contributed by atoms with E-state index in [9.17, 15) is 5.11 Å². The van der Waals surface area contributed by atoms with Crippen LogP contribution in [-0.4, -0.2) is 74.9 Å². The molecule has 1 aliphatic heterocycles. The quantitative estimate of drug-likeness (QED) is 0.0525. The molecule has 0 saturated carbocycles. The molecule has 0 amide bonds. The van der Waals surface area contributed by atoms with E-state index in [0.717, 1.165) is 52.0 Å². The molecule has 286 valence electrons. The van der Waals surface area contributed by atoms with Crippen molar-refractivity contribution in [1.29, 1.82) is 0 Å². The predicted octanol–water partition coefficient (Wildman–Crippen LogP) is 11.7. The highest BCUT2D eigenvalue weighted by molar-refractivity contribution is 4.93. The summed E-state index contributed by atoms with van der Waals surface area (Å²) >= 11 is 0. The molecule has 1 heterocycles. The average molecular weight is 688 g/mol.